The van der Waals surface area contributed by atoms with Crippen LogP contribution in [0.25, 0.3) is 11.0 Å². The molecule has 0 amide bonds. The van der Waals surface area contributed by atoms with Crippen molar-refractivity contribution in [1.29, 1.82) is 0 Å². The molecular formula is C12H6O4. The highest BCUT2D eigenvalue weighted by Crippen LogP contribution is 2.20. The summed E-state index contributed by atoms with van der Waals surface area (Å²) in [5.74, 6) is 3.67. The molecule has 1 heterocycles. The van der Waals surface area contributed by atoms with E-state index in [4.69, 9.17) is 9.52 Å². The first-order valence-electron chi connectivity index (χ1n) is 4.43. The molecule has 78 valence electrons. The number of aromatic carboxylic acids is 1. The van der Waals surface area contributed by atoms with E-state index >= 15 is 0 Å². The highest BCUT2D eigenvalue weighted by molar-refractivity contribution is 5.91. The van der Waals surface area contributed by atoms with Gasteiger partial charge in [-0.2, -0.15) is 0 Å². The summed E-state index contributed by atoms with van der Waals surface area (Å²) in [6.45, 7) is 0. The minimum absolute atomic E-state index is 0.115. The molecule has 2 rings (SSSR count). The second-order valence-electron chi connectivity index (χ2n) is 3.06. The van der Waals surface area contributed by atoms with Crippen molar-refractivity contribution in [3.63, 3.8) is 0 Å². The Bertz CT molecular complexity index is 625. The van der Waals surface area contributed by atoms with Crippen LogP contribution >= 0.6 is 0 Å². The van der Waals surface area contributed by atoms with Gasteiger partial charge in [-0.05, 0) is 30.2 Å². The van der Waals surface area contributed by atoms with E-state index in [9.17, 15) is 9.59 Å². The van der Waals surface area contributed by atoms with E-state index in [1.54, 1.807) is 18.2 Å². The monoisotopic (exact) mass is 214 g/mol. The van der Waals surface area contributed by atoms with E-state index in [-0.39, 0.29) is 5.76 Å². The molecule has 1 aromatic heterocycles. The van der Waals surface area contributed by atoms with Crippen molar-refractivity contribution in [3.8, 4) is 11.8 Å². The predicted octanol–water partition coefficient (Wildman–Crippen LogP) is 1.68. The Kier molecular flexibility index (Phi) is 2.44. The third-order valence-electron chi connectivity index (χ3n) is 2.00. The summed E-state index contributed by atoms with van der Waals surface area (Å²) < 4.78 is 5.07. The summed E-state index contributed by atoms with van der Waals surface area (Å²) >= 11 is 0. The maximum absolute atomic E-state index is 10.7. The first kappa shape index (κ1) is 9.99. The highest BCUT2D eigenvalue weighted by atomic mass is 16.4. The van der Waals surface area contributed by atoms with Gasteiger partial charge in [0.15, 0.2) is 6.29 Å². The van der Waals surface area contributed by atoms with Gasteiger partial charge in [0.05, 0.1) is 0 Å². The summed E-state index contributed by atoms with van der Waals surface area (Å²) in [6.07, 6.45) is 0.502. The van der Waals surface area contributed by atoms with Crippen LogP contribution in [0.1, 0.15) is 16.1 Å². The molecule has 0 aliphatic heterocycles. The zero-order valence-corrected chi connectivity index (χ0v) is 8.06. The van der Waals surface area contributed by atoms with Gasteiger partial charge in [0.2, 0.25) is 5.76 Å². The van der Waals surface area contributed by atoms with Gasteiger partial charge in [0.25, 0.3) is 0 Å². The molecule has 0 unspecified atom stereocenters. The number of furan rings is 1. The fraction of sp³-hybridized carbons (Fsp3) is 0. The Morgan fingerprint density at radius 3 is 2.88 bits per heavy atom. The van der Waals surface area contributed by atoms with Crippen molar-refractivity contribution >= 4 is 23.2 Å². The van der Waals surface area contributed by atoms with Crippen LogP contribution in [0.3, 0.4) is 0 Å². The van der Waals surface area contributed by atoms with E-state index in [2.05, 4.69) is 11.8 Å². The number of carboxylic acids is 1. The Morgan fingerprint density at radius 1 is 1.38 bits per heavy atom. The van der Waals surface area contributed by atoms with Gasteiger partial charge in [-0.1, -0.05) is 5.92 Å². The maximum Gasteiger partial charge on any atom is 0.371 e. The average molecular weight is 214 g/mol. The molecule has 4 heteroatoms. The lowest BCUT2D eigenvalue weighted by atomic mass is 10.1. The van der Waals surface area contributed by atoms with Gasteiger partial charge in [-0.15, -0.1) is 0 Å². The number of hydrogen-bond donors (Lipinski definition) is 1. The number of benzene rings is 1. The molecule has 4 nitrogen and oxygen atoms in total. The van der Waals surface area contributed by atoms with Crippen molar-refractivity contribution in [2.24, 2.45) is 0 Å². The maximum atomic E-state index is 10.7. The molecule has 0 atom stereocenters. The molecule has 0 saturated carbocycles. The first-order valence-corrected chi connectivity index (χ1v) is 4.43. The van der Waals surface area contributed by atoms with Crippen molar-refractivity contribution in [1.82, 2.24) is 0 Å². The molecule has 0 fully saturated rings. The Hall–Kier alpha value is -2.54. The van der Waals surface area contributed by atoms with Gasteiger partial charge in [0.1, 0.15) is 5.58 Å². The fourth-order valence-corrected chi connectivity index (χ4v) is 1.34. The third kappa shape index (κ3) is 1.79. The van der Waals surface area contributed by atoms with Crippen molar-refractivity contribution in [3.05, 3.63) is 35.6 Å². The molecule has 16 heavy (non-hydrogen) atoms. The van der Waals surface area contributed by atoms with E-state index < -0.39 is 5.97 Å². The first-order chi connectivity index (χ1) is 7.70. The van der Waals surface area contributed by atoms with E-state index in [0.29, 0.717) is 22.8 Å². The second-order valence-corrected chi connectivity index (χ2v) is 3.06. The third-order valence-corrected chi connectivity index (χ3v) is 2.00. The van der Waals surface area contributed by atoms with E-state index in [0.717, 1.165) is 0 Å². The van der Waals surface area contributed by atoms with Crippen LogP contribution in [0.4, 0.5) is 0 Å². The van der Waals surface area contributed by atoms with Crippen LogP contribution in [-0.2, 0) is 4.79 Å². The lowest BCUT2D eigenvalue weighted by Gasteiger charge is -1.89. The standard InChI is InChI=1S/C12H6O4/c13-5-1-2-8-3-4-10-9(6-8)7-11(16-10)12(14)15/h3-7H,(H,14,15). The smallest absolute Gasteiger partial charge is 0.371 e. The van der Waals surface area contributed by atoms with Crippen LogP contribution < -0.4 is 0 Å². The summed E-state index contributed by atoms with van der Waals surface area (Å²) in [4.78, 5) is 20.7. The fourth-order valence-electron chi connectivity index (χ4n) is 1.34. The van der Waals surface area contributed by atoms with Crippen LogP contribution in [0.15, 0.2) is 28.7 Å². The van der Waals surface area contributed by atoms with Crippen molar-refractivity contribution < 1.29 is 19.1 Å². The molecule has 0 aliphatic rings. The second kappa shape index (κ2) is 3.91. The summed E-state index contributed by atoms with van der Waals surface area (Å²) in [5.41, 5.74) is 1.12. The lowest BCUT2D eigenvalue weighted by molar-refractivity contribution is -0.103. The molecule has 0 bridgehead atoms. The molecule has 2 aromatic rings. The summed E-state index contributed by atoms with van der Waals surface area (Å²) in [7, 11) is 0. The normalized spacial score (nSPS) is 9.50. The molecule has 0 spiro atoms. The molecular weight excluding hydrogens is 208 g/mol. The minimum Gasteiger partial charge on any atom is -0.475 e. The van der Waals surface area contributed by atoms with Crippen LogP contribution in [0.2, 0.25) is 0 Å². The Labute approximate surface area is 90.5 Å². The Morgan fingerprint density at radius 2 is 2.19 bits per heavy atom. The molecule has 0 radical (unpaired) electrons. The molecule has 1 aromatic carbocycles. The number of carbonyl (C=O) groups is 2. The van der Waals surface area contributed by atoms with Crippen molar-refractivity contribution in [2.75, 3.05) is 0 Å². The minimum atomic E-state index is -1.11. The van der Waals surface area contributed by atoms with Crippen molar-refractivity contribution in [2.45, 2.75) is 0 Å². The van der Waals surface area contributed by atoms with Crippen LogP contribution in [0.5, 0.6) is 0 Å². The van der Waals surface area contributed by atoms with E-state index in [1.165, 1.54) is 6.07 Å². The number of carbonyl (C=O) groups excluding carboxylic acids is 1. The number of hydrogen-bond acceptors (Lipinski definition) is 3. The lowest BCUT2D eigenvalue weighted by Crippen LogP contribution is -1.91. The highest BCUT2D eigenvalue weighted by Gasteiger charge is 2.09. The number of aldehydes is 1. The van der Waals surface area contributed by atoms with Gasteiger partial charge in [-0.25, -0.2) is 4.79 Å². The van der Waals surface area contributed by atoms with E-state index in [1.807, 2.05) is 0 Å². The summed E-state index contributed by atoms with van der Waals surface area (Å²) in [6, 6.07) is 6.37. The molecule has 0 saturated heterocycles. The Balaban J connectivity index is 2.53. The average Bonchev–Trinajstić information content (AvgIpc) is 2.69. The molecule has 0 aliphatic carbocycles. The van der Waals surface area contributed by atoms with Crippen LogP contribution in [0, 0.1) is 11.8 Å². The number of fused-ring (bicyclic) bond motifs is 1. The SMILES string of the molecule is O=CC#Cc1ccc2oc(C(=O)O)cc2c1. The van der Waals surface area contributed by atoms with Gasteiger partial charge in [-0.3, -0.25) is 4.79 Å². The van der Waals surface area contributed by atoms with Gasteiger partial charge in [0, 0.05) is 10.9 Å². The zero-order valence-electron chi connectivity index (χ0n) is 8.06. The zero-order chi connectivity index (χ0) is 11.5. The predicted molar refractivity (Wildman–Crippen MR) is 56.1 cm³/mol. The largest absolute Gasteiger partial charge is 0.475 e. The quantitative estimate of drug-likeness (QED) is 0.579. The van der Waals surface area contributed by atoms with Gasteiger partial charge < -0.3 is 9.52 Å². The summed E-state index contributed by atoms with van der Waals surface area (Å²) in [5, 5.41) is 9.38. The number of carboxylic acid groups (broad SMARTS) is 1. The topological polar surface area (TPSA) is 67.5 Å². The van der Waals surface area contributed by atoms with Crippen LogP contribution in [-0.4, -0.2) is 17.4 Å². The number of rotatable bonds is 1. The molecule has 1 N–H and O–H groups in total. The van der Waals surface area contributed by atoms with Gasteiger partial charge >= 0.3 is 5.97 Å².